The fourth-order valence-corrected chi connectivity index (χ4v) is 6.30. The largest absolute Gasteiger partial charge is 0.488 e. The first-order chi connectivity index (χ1) is 20.0. The number of carbonyl (C=O) groups excluding carboxylic acids is 1. The summed E-state index contributed by atoms with van der Waals surface area (Å²) in [6, 6.07) is 10.0. The minimum Gasteiger partial charge on any atom is -0.488 e. The van der Waals surface area contributed by atoms with E-state index in [0.717, 1.165) is 17.4 Å². The van der Waals surface area contributed by atoms with Crippen molar-refractivity contribution in [3.05, 3.63) is 58.9 Å². The maximum Gasteiger partial charge on any atom is 0.417 e. The number of anilines is 1. The standard InChI is InChI=1S/C31H36F4N4O3/c1-19-16-39(20(2)15-38(19)17-27-12-22-11-23(32)4-10-29(22)42-27)30(40)18-41-26-8-6-24(7-9-26)37-25-5-3-21(14-36)28(13-25)31(33,34)35/h3-5,10-11,13,19-20,24,26-27,37H,6-9,12,15-18H2,1-2H3. The number of amides is 1. The van der Waals surface area contributed by atoms with E-state index in [2.05, 4.69) is 17.1 Å². The van der Waals surface area contributed by atoms with Crippen LogP contribution in [-0.4, -0.2) is 72.3 Å². The predicted octanol–water partition coefficient (Wildman–Crippen LogP) is 5.38. The van der Waals surface area contributed by atoms with Crippen molar-refractivity contribution in [2.24, 2.45) is 0 Å². The minimum absolute atomic E-state index is 0.00298. The number of rotatable bonds is 7. The van der Waals surface area contributed by atoms with Gasteiger partial charge in [0.15, 0.2) is 0 Å². The van der Waals surface area contributed by atoms with Crippen molar-refractivity contribution in [3.63, 3.8) is 0 Å². The minimum atomic E-state index is -4.60. The molecule has 5 rings (SSSR count). The number of benzene rings is 2. The number of nitriles is 1. The molecule has 42 heavy (non-hydrogen) atoms. The smallest absolute Gasteiger partial charge is 0.417 e. The molecule has 226 valence electrons. The molecule has 2 aliphatic heterocycles. The fraction of sp³-hybridized carbons (Fsp3) is 0.548. The zero-order valence-electron chi connectivity index (χ0n) is 23.8. The first kappa shape index (κ1) is 30.1. The summed E-state index contributed by atoms with van der Waals surface area (Å²) in [4.78, 5) is 17.3. The van der Waals surface area contributed by atoms with E-state index in [1.807, 2.05) is 11.8 Å². The molecule has 2 fully saturated rings. The summed E-state index contributed by atoms with van der Waals surface area (Å²) in [7, 11) is 0. The van der Waals surface area contributed by atoms with E-state index in [1.54, 1.807) is 12.1 Å². The average Bonchev–Trinajstić information content (AvgIpc) is 3.35. The molecule has 1 saturated heterocycles. The van der Waals surface area contributed by atoms with Crippen molar-refractivity contribution in [1.82, 2.24) is 9.80 Å². The van der Waals surface area contributed by atoms with Crippen molar-refractivity contribution >= 4 is 11.6 Å². The lowest BCUT2D eigenvalue weighted by Crippen LogP contribution is -2.60. The predicted molar refractivity (Wildman–Crippen MR) is 149 cm³/mol. The molecule has 3 unspecified atom stereocenters. The number of nitrogens with zero attached hydrogens (tertiary/aromatic N) is 3. The van der Waals surface area contributed by atoms with E-state index in [4.69, 9.17) is 14.7 Å². The maximum atomic E-state index is 13.6. The Morgan fingerprint density at radius 1 is 1.10 bits per heavy atom. The van der Waals surface area contributed by atoms with Crippen LogP contribution < -0.4 is 10.1 Å². The monoisotopic (exact) mass is 588 g/mol. The molecular weight excluding hydrogens is 552 g/mol. The summed E-state index contributed by atoms with van der Waals surface area (Å²) in [5, 5.41) is 12.2. The number of hydrogen-bond donors (Lipinski definition) is 1. The lowest BCUT2D eigenvalue weighted by Gasteiger charge is -2.44. The number of halogens is 4. The Bertz CT molecular complexity index is 1320. The van der Waals surface area contributed by atoms with Crippen molar-refractivity contribution in [3.8, 4) is 11.8 Å². The third-order valence-electron chi connectivity index (χ3n) is 8.57. The number of carbonyl (C=O) groups is 1. The molecule has 3 aliphatic rings. The molecule has 1 N–H and O–H groups in total. The normalized spacial score (nSPS) is 26.3. The Kier molecular flexibility index (Phi) is 8.94. The molecule has 3 atom stereocenters. The molecule has 2 aromatic carbocycles. The van der Waals surface area contributed by atoms with Crippen LogP contribution in [0.3, 0.4) is 0 Å². The number of piperazine rings is 1. The third kappa shape index (κ3) is 6.98. The number of fused-ring (bicyclic) bond motifs is 1. The Morgan fingerprint density at radius 3 is 2.57 bits per heavy atom. The zero-order chi connectivity index (χ0) is 30.0. The van der Waals surface area contributed by atoms with E-state index in [-0.39, 0.29) is 48.7 Å². The molecule has 2 heterocycles. The second kappa shape index (κ2) is 12.5. The molecular formula is C31H36F4N4O3. The van der Waals surface area contributed by atoms with Gasteiger partial charge in [-0.25, -0.2) is 4.39 Å². The van der Waals surface area contributed by atoms with Gasteiger partial charge in [0.05, 0.1) is 23.3 Å². The van der Waals surface area contributed by atoms with Gasteiger partial charge in [0.25, 0.3) is 0 Å². The van der Waals surface area contributed by atoms with Crippen molar-refractivity contribution < 1.29 is 31.8 Å². The van der Waals surface area contributed by atoms with Crippen LogP contribution in [0.1, 0.15) is 56.2 Å². The van der Waals surface area contributed by atoms with Gasteiger partial charge >= 0.3 is 6.18 Å². The molecule has 1 amide bonds. The van der Waals surface area contributed by atoms with Gasteiger partial charge in [-0.05, 0) is 75.9 Å². The number of nitrogens with one attached hydrogen (secondary N) is 1. The van der Waals surface area contributed by atoms with Crippen LogP contribution in [0.2, 0.25) is 0 Å². The van der Waals surface area contributed by atoms with E-state index in [0.29, 0.717) is 57.4 Å². The fourth-order valence-electron chi connectivity index (χ4n) is 6.30. The summed E-state index contributed by atoms with van der Waals surface area (Å²) in [6.45, 7) is 6.11. The number of ether oxygens (including phenoxy) is 2. The van der Waals surface area contributed by atoms with Gasteiger partial charge in [-0.3, -0.25) is 9.69 Å². The Morgan fingerprint density at radius 2 is 1.86 bits per heavy atom. The Labute approximate surface area is 243 Å². The van der Waals surface area contributed by atoms with Gasteiger partial charge in [0.1, 0.15) is 24.3 Å². The summed E-state index contributed by atoms with van der Waals surface area (Å²) in [5.74, 6) is 0.430. The highest BCUT2D eigenvalue weighted by Crippen LogP contribution is 2.35. The van der Waals surface area contributed by atoms with E-state index >= 15 is 0 Å². The lowest BCUT2D eigenvalue weighted by molar-refractivity contribution is -0.145. The molecule has 0 aromatic heterocycles. The van der Waals surface area contributed by atoms with Crippen LogP contribution in [-0.2, 0) is 22.1 Å². The molecule has 1 saturated carbocycles. The quantitative estimate of drug-likeness (QED) is 0.438. The van der Waals surface area contributed by atoms with Crippen molar-refractivity contribution in [2.75, 3.05) is 31.6 Å². The van der Waals surface area contributed by atoms with E-state index in [9.17, 15) is 22.4 Å². The van der Waals surface area contributed by atoms with Gasteiger partial charge in [-0.2, -0.15) is 18.4 Å². The Balaban J connectivity index is 1.05. The van der Waals surface area contributed by atoms with Gasteiger partial charge in [-0.1, -0.05) is 0 Å². The van der Waals surface area contributed by atoms with Crippen LogP contribution >= 0.6 is 0 Å². The first-order valence-corrected chi connectivity index (χ1v) is 14.5. The molecule has 0 bridgehead atoms. The Hall–Kier alpha value is -3.36. The van der Waals surface area contributed by atoms with Gasteiger partial charge in [0.2, 0.25) is 5.91 Å². The van der Waals surface area contributed by atoms with Gasteiger partial charge in [0, 0.05) is 55.4 Å². The van der Waals surface area contributed by atoms with Crippen LogP contribution in [0.5, 0.6) is 5.75 Å². The second-order valence-corrected chi connectivity index (χ2v) is 11.7. The van der Waals surface area contributed by atoms with Crippen LogP contribution in [0.15, 0.2) is 36.4 Å². The zero-order valence-corrected chi connectivity index (χ0v) is 23.8. The summed E-state index contributed by atoms with van der Waals surface area (Å²) < 4.78 is 65.5. The summed E-state index contributed by atoms with van der Waals surface area (Å²) in [6.07, 6.45) is -1.27. The average molecular weight is 589 g/mol. The lowest BCUT2D eigenvalue weighted by atomic mass is 9.92. The summed E-state index contributed by atoms with van der Waals surface area (Å²) in [5.41, 5.74) is -0.113. The highest BCUT2D eigenvalue weighted by atomic mass is 19.4. The molecule has 7 nitrogen and oxygen atoms in total. The highest BCUT2D eigenvalue weighted by molar-refractivity contribution is 5.78. The van der Waals surface area contributed by atoms with Crippen LogP contribution in [0.4, 0.5) is 23.2 Å². The van der Waals surface area contributed by atoms with Crippen molar-refractivity contribution in [2.45, 2.75) is 82.5 Å². The van der Waals surface area contributed by atoms with Gasteiger partial charge < -0.3 is 19.7 Å². The first-order valence-electron chi connectivity index (χ1n) is 14.5. The van der Waals surface area contributed by atoms with Gasteiger partial charge in [-0.15, -0.1) is 0 Å². The van der Waals surface area contributed by atoms with Crippen molar-refractivity contribution in [1.29, 1.82) is 5.26 Å². The third-order valence-corrected chi connectivity index (χ3v) is 8.57. The SMILES string of the molecule is CC1CN(C(=O)COC2CCC(Nc3ccc(C#N)c(C(F)(F)F)c3)CC2)C(C)CN1CC1Cc2cc(F)ccc2O1. The molecule has 1 aliphatic carbocycles. The number of alkyl halides is 3. The number of hydrogen-bond acceptors (Lipinski definition) is 6. The molecule has 0 radical (unpaired) electrons. The molecule has 11 heteroatoms. The highest BCUT2D eigenvalue weighted by Gasteiger charge is 2.36. The van der Waals surface area contributed by atoms with Crippen LogP contribution in [0, 0.1) is 17.1 Å². The molecule has 0 spiro atoms. The summed E-state index contributed by atoms with van der Waals surface area (Å²) >= 11 is 0. The van der Waals surface area contributed by atoms with E-state index < -0.39 is 17.3 Å². The second-order valence-electron chi connectivity index (χ2n) is 11.7. The van der Waals surface area contributed by atoms with Crippen LogP contribution in [0.25, 0.3) is 0 Å². The molecule has 2 aromatic rings. The van der Waals surface area contributed by atoms with E-state index in [1.165, 1.54) is 24.3 Å². The maximum absolute atomic E-state index is 13.6. The topological polar surface area (TPSA) is 77.8 Å².